The Bertz CT molecular complexity index is 619. The minimum absolute atomic E-state index is 0.129. The molecule has 0 unspecified atom stereocenters. The summed E-state index contributed by atoms with van der Waals surface area (Å²) in [5.41, 5.74) is 1.44. The monoisotopic (exact) mass is 267 g/mol. The summed E-state index contributed by atoms with van der Waals surface area (Å²) in [6.45, 7) is 7.23. The number of rotatable bonds is 2. The summed E-state index contributed by atoms with van der Waals surface area (Å²) in [5, 5.41) is 7.35. The van der Waals surface area contributed by atoms with Gasteiger partial charge >= 0.3 is 0 Å². The van der Waals surface area contributed by atoms with Gasteiger partial charge in [0.1, 0.15) is 0 Å². The molecule has 2 rings (SSSR count). The molecule has 6 nitrogen and oxygen atoms in total. The molecule has 2 heterocycles. The molecule has 0 aliphatic heterocycles. The number of nitrogens with one attached hydrogen (secondary N) is 1. The van der Waals surface area contributed by atoms with Gasteiger partial charge < -0.3 is 0 Å². The molecular weight excluding hydrogens is 254 g/mol. The van der Waals surface area contributed by atoms with Crippen LogP contribution in [0, 0.1) is 19.8 Å². The summed E-state index contributed by atoms with van der Waals surface area (Å²) in [4.78, 5) is 19.9. The second-order valence-corrected chi connectivity index (χ2v) is 4.77. The first kappa shape index (κ1) is 12.8. The summed E-state index contributed by atoms with van der Waals surface area (Å²) in [7, 11) is 0. The molecule has 7 heteroatoms. The van der Waals surface area contributed by atoms with E-state index < -0.39 is 0 Å². The molecule has 0 saturated heterocycles. The number of carbonyl (C=O) groups is 1. The fourth-order valence-electron chi connectivity index (χ4n) is 1.46. The molecule has 0 aliphatic rings. The Balaban J connectivity index is 2.45. The van der Waals surface area contributed by atoms with E-state index in [1.807, 2.05) is 6.92 Å². The van der Waals surface area contributed by atoms with Crippen molar-refractivity contribution in [2.45, 2.75) is 27.7 Å². The highest BCUT2D eigenvalue weighted by Gasteiger charge is 2.14. The number of aryl methyl sites for hydroxylation is 2. The van der Waals surface area contributed by atoms with Gasteiger partial charge in [-0.15, -0.1) is 5.10 Å². The fourth-order valence-corrected chi connectivity index (χ4v) is 1.58. The maximum atomic E-state index is 11.6. The Hall–Kier alpha value is -1.69. The molecule has 2 aromatic rings. The lowest BCUT2D eigenvalue weighted by molar-refractivity contribution is -0.118. The van der Waals surface area contributed by atoms with Gasteiger partial charge in [-0.3, -0.25) is 10.1 Å². The van der Waals surface area contributed by atoms with E-state index >= 15 is 0 Å². The first-order valence-electron chi connectivity index (χ1n) is 5.60. The number of aromatic nitrogens is 4. The third kappa shape index (κ3) is 2.15. The van der Waals surface area contributed by atoms with Crippen LogP contribution >= 0.6 is 11.6 Å². The fraction of sp³-hybridized carbons (Fsp3) is 0.455. The molecule has 0 aliphatic carbocycles. The molecule has 0 aromatic carbocycles. The van der Waals surface area contributed by atoms with Crippen LogP contribution in [0.5, 0.6) is 0 Å². The maximum absolute atomic E-state index is 11.6. The maximum Gasteiger partial charge on any atom is 0.254 e. The van der Waals surface area contributed by atoms with Crippen LogP contribution in [0.4, 0.5) is 5.95 Å². The summed E-state index contributed by atoms with van der Waals surface area (Å²) in [6.07, 6.45) is 0. The van der Waals surface area contributed by atoms with Gasteiger partial charge in [0.2, 0.25) is 5.91 Å². The molecule has 0 bridgehead atoms. The number of nitrogens with zero attached hydrogens (tertiary/aromatic N) is 4. The van der Waals surface area contributed by atoms with E-state index in [9.17, 15) is 4.79 Å². The van der Waals surface area contributed by atoms with Gasteiger partial charge in [0.15, 0.2) is 0 Å². The quantitative estimate of drug-likeness (QED) is 0.903. The van der Waals surface area contributed by atoms with E-state index in [0.29, 0.717) is 16.5 Å². The van der Waals surface area contributed by atoms with Gasteiger partial charge in [0, 0.05) is 5.92 Å². The van der Waals surface area contributed by atoms with Crippen molar-refractivity contribution in [1.82, 2.24) is 19.6 Å². The lowest BCUT2D eigenvalue weighted by atomic mass is 10.2. The average molecular weight is 268 g/mol. The molecule has 96 valence electrons. The minimum Gasteiger partial charge on any atom is -0.293 e. The van der Waals surface area contributed by atoms with Crippen molar-refractivity contribution in [2.24, 2.45) is 5.92 Å². The van der Waals surface area contributed by atoms with Crippen LogP contribution in [0.1, 0.15) is 25.2 Å². The van der Waals surface area contributed by atoms with Gasteiger partial charge in [-0.2, -0.15) is 9.50 Å². The predicted molar refractivity (Wildman–Crippen MR) is 68.7 cm³/mol. The van der Waals surface area contributed by atoms with Crippen LogP contribution < -0.4 is 5.32 Å². The van der Waals surface area contributed by atoms with Crippen LogP contribution in [-0.4, -0.2) is 25.5 Å². The number of halogens is 1. The van der Waals surface area contributed by atoms with Gasteiger partial charge in [0.25, 0.3) is 11.7 Å². The molecule has 18 heavy (non-hydrogen) atoms. The molecule has 0 fully saturated rings. The number of hydrogen-bond acceptors (Lipinski definition) is 4. The highest BCUT2D eigenvalue weighted by atomic mass is 35.5. The Morgan fingerprint density at radius 3 is 2.61 bits per heavy atom. The second-order valence-electron chi connectivity index (χ2n) is 4.39. The van der Waals surface area contributed by atoms with Gasteiger partial charge in [0.05, 0.1) is 16.4 Å². The lowest BCUT2D eigenvalue weighted by Gasteiger charge is -2.02. The minimum atomic E-state index is -0.133. The Labute approximate surface area is 109 Å². The molecule has 1 amide bonds. The van der Waals surface area contributed by atoms with Crippen LogP contribution in [-0.2, 0) is 4.79 Å². The summed E-state index contributed by atoms with van der Waals surface area (Å²) in [5.74, 6) is 0.404. The zero-order valence-electron chi connectivity index (χ0n) is 10.7. The summed E-state index contributed by atoms with van der Waals surface area (Å²) in [6, 6.07) is 0. The SMILES string of the molecule is Cc1nc2nc(NC(=O)C(C)C)nn2c(C)c1Cl. The summed E-state index contributed by atoms with van der Waals surface area (Å²) >= 11 is 6.08. The van der Waals surface area contributed by atoms with Gasteiger partial charge in [-0.1, -0.05) is 25.4 Å². The Morgan fingerprint density at radius 2 is 2.00 bits per heavy atom. The zero-order valence-corrected chi connectivity index (χ0v) is 11.4. The number of anilines is 1. The molecule has 0 spiro atoms. The lowest BCUT2D eigenvalue weighted by Crippen LogP contribution is -2.18. The highest BCUT2D eigenvalue weighted by molar-refractivity contribution is 6.31. The van der Waals surface area contributed by atoms with Crippen molar-refractivity contribution < 1.29 is 4.79 Å². The van der Waals surface area contributed by atoms with Crippen LogP contribution in [0.2, 0.25) is 5.02 Å². The number of carbonyl (C=O) groups excluding carboxylic acids is 1. The smallest absolute Gasteiger partial charge is 0.254 e. The Kier molecular flexibility index (Phi) is 3.21. The van der Waals surface area contributed by atoms with E-state index in [4.69, 9.17) is 11.6 Å². The standard InChI is InChI=1S/C11H14ClN5O/c1-5(2)9(18)14-10-15-11-13-6(3)8(12)7(4)17(11)16-10/h5H,1-4H3,(H,14,16,18). The van der Waals surface area contributed by atoms with E-state index in [0.717, 1.165) is 5.69 Å². The molecule has 0 saturated carbocycles. The Morgan fingerprint density at radius 1 is 1.33 bits per heavy atom. The van der Waals surface area contributed by atoms with Crippen LogP contribution in [0.15, 0.2) is 0 Å². The van der Waals surface area contributed by atoms with Crippen molar-refractivity contribution in [3.8, 4) is 0 Å². The normalized spacial score (nSPS) is 11.2. The van der Waals surface area contributed by atoms with E-state index in [2.05, 4.69) is 20.4 Å². The molecule has 0 atom stereocenters. The second kappa shape index (κ2) is 4.53. The van der Waals surface area contributed by atoms with E-state index in [1.54, 1.807) is 20.8 Å². The zero-order chi connectivity index (χ0) is 13.4. The first-order chi connectivity index (χ1) is 8.40. The van der Waals surface area contributed by atoms with Crippen LogP contribution in [0.3, 0.4) is 0 Å². The predicted octanol–water partition coefficient (Wildman–Crippen LogP) is 1.99. The highest BCUT2D eigenvalue weighted by Crippen LogP contribution is 2.19. The number of amides is 1. The average Bonchev–Trinajstić information content (AvgIpc) is 2.68. The summed E-state index contributed by atoms with van der Waals surface area (Å²) < 4.78 is 1.52. The van der Waals surface area contributed by atoms with Crippen molar-refractivity contribution in [1.29, 1.82) is 0 Å². The third-order valence-electron chi connectivity index (χ3n) is 2.57. The first-order valence-corrected chi connectivity index (χ1v) is 5.98. The van der Waals surface area contributed by atoms with Crippen molar-refractivity contribution in [2.75, 3.05) is 5.32 Å². The van der Waals surface area contributed by atoms with Gasteiger partial charge in [-0.05, 0) is 13.8 Å². The topological polar surface area (TPSA) is 72.2 Å². The molecule has 1 N–H and O–H groups in total. The van der Waals surface area contributed by atoms with Crippen molar-refractivity contribution in [3.63, 3.8) is 0 Å². The number of hydrogen-bond donors (Lipinski definition) is 1. The van der Waals surface area contributed by atoms with Crippen molar-refractivity contribution >= 4 is 29.2 Å². The molecular formula is C11H14ClN5O. The largest absolute Gasteiger partial charge is 0.293 e. The number of fused-ring (bicyclic) bond motifs is 1. The van der Waals surface area contributed by atoms with Crippen LogP contribution in [0.25, 0.3) is 5.78 Å². The van der Waals surface area contributed by atoms with Crippen molar-refractivity contribution in [3.05, 3.63) is 16.4 Å². The van der Waals surface area contributed by atoms with Gasteiger partial charge in [-0.25, -0.2) is 4.98 Å². The molecule has 0 radical (unpaired) electrons. The third-order valence-corrected chi connectivity index (χ3v) is 3.12. The van der Waals surface area contributed by atoms with E-state index in [-0.39, 0.29) is 17.8 Å². The molecule has 2 aromatic heterocycles. The van der Waals surface area contributed by atoms with E-state index in [1.165, 1.54) is 4.52 Å².